The van der Waals surface area contributed by atoms with E-state index < -0.39 is 0 Å². The van der Waals surface area contributed by atoms with Crippen molar-refractivity contribution < 1.29 is 0 Å². The minimum absolute atomic E-state index is 0.399. The van der Waals surface area contributed by atoms with Gasteiger partial charge in [-0.1, -0.05) is 30.3 Å². The van der Waals surface area contributed by atoms with Gasteiger partial charge in [0.05, 0.1) is 4.87 Å². The van der Waals surface area contributed by atoms with E-state index in [4.69, 9.17) is 0 Å². The summed E-state index contributed by atoms with van der Waals surface area (Å²) in [5.74, 6) is 1.29. The van der Waals surface area contributed by atoms with Crippen LogP contribution in [0.2, 0.25) is 0 Å². The van der Waals surface area contributed by atoms with Crippen LogP contribution in [0.5, 0.6) is 0 Å². The molecule has 0 bridgehead atoms. The lowest BCUT2D eigenvalue weighted by atomic mass is 10.1. The summed E-state index contributed by atoms with van der Waals surface area (Å²) in [5, 5.41) is 3.51. The fourth-order valence-electron chi connectivity index (χ4n) is 2.72. The molecule has 1 aromatic carbocycles. The van der Waals surface area contributed by atoms with Crippen LogP contribution in [0.1, 0.15) is 12.0 Å². The molecular formula is C13H18N2S. The Balaban J connectivity index is 1.75. The van der Waals surface area contributed by atoms with Crippen LogP contribution in [0.4, 0.5) is 0 Å². The van der Waals surface area contributed by atoms with E-state index in [0.717, 1.165) is 13.1 Å². The zero-order valence-corrected chi connectivity index (χ0v) is 10.3. The highest BCUT2D eigenvalue weighted by Crippen LogP contribution is 2.41. The zero-order valence-electron chi connectivity index (χ0n) is 9.48. The third-order valence-electron chi connectivity index (χ3n) is 3.62. The fourth-order valence-corrected chi connectivity index (χ4v) is 4.20. The Labute approximate surface area is 101 Å². The second-order valence-corrected chi connectivity index (χ2v) is 6.09. The number of hydrogen-bond donors (Lipinski definition) is 1. The van der Waals surface area contributed by atoms with Crippen LogP contribution in [0, 0.1) is 0 Å². The Bertz CT molecular complexity index is 341. The van der Waals surface area contributed by atoms with Gasteiger partial charge in [-0.15, -0.1) is 11.8 Å². The van der Waals surface area contributed by atoms with Crippen molar-refractivity contribution in [1.29, 1.82) is 0 Å². The summed E-state index contributed by atoms with van der Waals surface area (Å²) in [4.78, 5) is 3.06. The van der Waals surface area contributed by atoms with Crippen LogP contribution in [0.3, 0.4) is 0 Å². The molecule has 3 rings (SSSR count). The van der Waals surface area contributed by atoms with Crippen LogP contribution < -0.4 is 5.32 Å². The van der Waals surface area contributed by atoms with Gasteiger partial charge in [-0.05, 0) is 18.5 Å². The quantitative estimate of drug-likeness (QED) is 0.842. The fraction of sp³-hybridized carbons (Fsp3) is 0.538. The molecule has 0 amide bonds. The third kappa shape index (κ3) is 1.88. The minimum Gasteiger partial charge on any atom is -0.314 e. The van der Waals surface area contributed by atoms with Crippen molar-refractivity contribution in [2.45, 2.75) is 17.8 Å². The van der Waals surface area contributed by atoms with E-state index in [1.165, 1.54) is 30.8 Å². The smallest absolute Gasteiger partial charge is 0.0811 e. The lowest BCUT2D eigenvalue weighted by molar-refractivity contribution is 0.200. The van der Waals surface area contributed by atoms with Crippen molar-refractivity contribution >= 4 is 11.8 Å². The van der Waals surface area contributed by atoms with Crippen LogP contribution in [0.15, 0.2) is 30.3 Å². The van der Waals surface area contributed by atoms with Gasteiger partial charge >= 0.3 is 0 Å². The summed E-state index contributed by atoms with van der Waals surface area (Å²) in [5.41, 5.74) is 1.44. The van der Waals surface area contributed by atoms with E-state index >= 15 is 0 Å². The zero-order chi connectivity index (χ0) is 10.8. The van der Waals surface area contributed by atoms with Gasteiger partial charge in [0.15, 0.2) is 0 Å². The van der Waals surface area contributed by atoms with Gasteiger partial charge in [0, 0.05) is 25.4 Å². The van der Waals surface area contributed by atoms with Crippen LogP contribution >= 0.6 is 11.8 Å². The number of rotatable bonds is 2. The molecule has 2 aliphatic heterocycles. The molecule has 86 valence electrons. The van der Waals surface area contributed by atoms with Crippen molar-refractivity contribution in [3.8, 4) is 0 Å². The molecule has 1 aromatic rings. The van der Waals surface area contributed by atoms with Crippen molar-refractivity contribution in [3.05, 3.63) is 35.9 Å². The second-order valence-electron chi connectivity index (χ2n) is 4.63. The molecule has 1 atom stereocenters. The Morgan fingerprint density at radius 2 is 2.19 bits per heavy atom. The van der Waals surface area contributed by atoms with Gasteiger partial charge in [-0.2, -0.15) is 0 Å². The number of benzene rings is 1. The Morgan fingerprint density at radius 1 is 1.31 bits per heavy atom. The topological polar surface area (TPSA) is 15.3 Å². The number of hydrogen-bond acceptors (Lipinski definition) is 3. The van der Waals surface area contributed by atoms with Crippen molar-refractivity contribution in [2.24, 2.45) is 0 Å². The standard InChI is InChI=1S/C13H18N2S/c1-2-4-12(5-3-1)10-15-8-9-16-13(15)6-7-14-11-13/h1-5,14H,6-11H2. The van der Waals surface area contributed by atoms with E-state index in [1.807, 2.05) is 0 Å². The predicted octanol–water partition coefficient (Wildman–Crippen LogP) is 1.93. The van der Waals surface area contributed by atoms with E-state index in [0.29, 0.717) is 4.87 Å². The maximum atomic E-state index is 3.51. The first-order chi connectivity index (χ1) is 7.89. The summed E-state index contributed by atoms with van der Waals surface area (Å²) < 4.78 is 0. The summed E-state index contributed by atoms with van der Waals surface area (Å²) in [6.45, 7) is 4.68. The summed E-state index contributed by atoms with van der Waals surface area (Å²) in [6, 6.07) is 10.8. The Kier molecular flexibility index (Phi) is 2.92. The van der Waals surface area contributed by atoms with Gasteiger partial charge in [0.1, 0.15) is 0 Å². The van der Waals surface area contributed by atoms with Crippen LogP contribution in [-0.2, 0) is 6.54 Å². The van der Waals surface area contributed by atoms with Gasteiger partial charge in [0.2, 0.25) is 0 Å². The lowest BCUT2D eigenvalue weighted by Gasteiger charge is -2.33. The molecule has 16 heavy (non-hydrogen) atoms. The predicted molar refractivity (Wildman–Crippen MR) is 69.5 cm³/mol. The van der Waals surface area contributed by atoms with Gasteiger partial charge in [0.25, 0.3) is 0 Å². The Hall–Kier alpha value is -0.510. The monoisotopic (exact) mass is 234 g/mol. The summed E-state index contributed by atoms with van der Waals surface area (Å²) >= 11 is 2.14. The molecule has 2 saturated heterocycles. The molecule has 1 unspecified atom stereocenters. The van der Waals surface area contributed by atoms with E-state index in [-0.39, 0.29) is 0 Å². The molecule has 0 aliphatic carbocycles. The summed E-state index contributed by atoms with van der Waals surface area (Å²) in [6.07, 6.45) is 1.30. The van der Waals surface area contributed by atoms with Gasteiger partial charge < -0.3 is 5.32 Å². The van der Waals surface area contributed by atoms with Crippen molar-refractivity contribution in [3.63, 3.8) is 0 Å². The molecule has 0 aromatic heterocycles. The molecule has 2 nitrogen and oxygen atoms in total. The van der Waals surface area contributed by atoms with Gasteiger partial charge in [-0.25, -0.2) is 0 Å². The van der Waals surface area contributed by atoms with E-state index in [9.17, 15) is 0 Å². The number of nitrogens with zero attached hydrogens (tertiary/aromatic N) is 1. The molecule has 2 fully saturated rings. The average molecular weight is 234 g/mol. The third-order valence-corrected chi connectivity index (χ3v) is 5.15. The molecule has 0 saturated carbocycles. The van der Waals surface area contributed by atoms with Crippen molar-refractivity contribution in [2.75, 3.05) is 25.4 Å². The van der Waals surface area contributed by atoms with Crippen LogP contribution in [-0.4, -0.2) is 35.2 Å². The number of nitrogens with one attached hydrogen (secondary N) is 1. The van der Waals surface area contributed by atoms with Crippen LogP contribution in [0.25, 0.3) is 0 Å². The normalized spacial score (nSPS) is 30.2. The highest BCUT2D eigenvalue weighted by molar-refractivity contribution is 8.00. The first-order valence-electron chi connectivity index (χ1n) is 6.03. The molecule has 3 heteroatoms. The highest BCUT2D eigenvalue weighted by Gasteiger charge is 2.43. The van der Waals surface area contributed by atoms with E-state index in [2.05, 4.69) is 52.3 Å². The average Bonchev–Trinajstić information content (AvgIpc) is 2.93. The molecular weight excluding hydrogens is 216 g/mol. The highest BCUT2D eigenvalue weighted by atomic mass is 32.2. The number of thioether (sulfide) groups is 1. The summed E-state index contributed by atoms with van der Waals surface area (Å²) in [7, 11) is 0. The van der Waals surface area contributed by atoms with Crippen molar-refractivity contribution in [1.82, 2.24) is 10.2 Å². The molecule has 2 aliphatic rings. The van der Waals surface area contributed by atoms with Gasteiger partial charge in [-0.3, -0.25) is 4.90 Å². The first-order valence-corrected chi connectivity index (χ1v) is 7.01. The first kappa shape index (κ1) is 10.6. The lowest BCUT2D eigenvalue weighted by Crippen LogP contribution is -2.42. The van der Waals surface area contributed by atoms with E-state index in [1.54, 1.807) is 0 Å². The maximum Gasteiger partial charge on any atom is 0.0811 e. The molecule has 0 radical (unpaired) electrons. The SMILES string of the molecule is c1ccc(CN2CCSC23CCNC3)cc1. The molecule has 1 spiro atoms. The molecule has 1 N–H and O–H groups in total. The Morgan fingerprint density at radius 3 is 2.94 bits per heavy atom. The largest absolute Gasteiger partial charge is 0.314 e. The molecule has 2 heterocycles. The second kappa shape index (κ2) is 4.40. The maximum absolute atomic E-state index is 3.51. The minimum atomic E-state index is 0.399.